The van der Waals surface area contributed by atoms with Gasteiger partial charge in [-0.2, -0.15) is 0 Å². The maximum atomic E-state index is 9.27. The summed E-state index contributed by atoms with van der Waals surface area (Å²) in [5.74, 6) is 0.307. The number of benzene rings is 2. The third-order valence-corrected chi connectivity index (χ3v) is 1.95. The summed E-state index contributed by atoms with van der Waals surface area (Å²) in [5.41, 5.74) is 2.17. The van der Waals surface area contributed by atoms with E-state index in [0.717, 1.165) is 11.1 Å². The number of phenolic OH excluding ortho intramolecular Hbond substituents is 1. The molecule has 0 bridgehead atoms. The Morgan fingerprint density at radius 3 is 2.00 bits per heavy atom. The van der Waals surface area contributed by atoms with Gasteiger partial charge in [0.1, 0.15) is 5.75 Å². The molecule has 0 aliphatic rings. The van der Waals surface area contributed by atoms with Crippen LogP contribution in [0.25, 0.3) is 11.1 Å². The fraction of sp³-hybridized carbons (Fsp3) is 0. The molecule has 2 aromatic carbocycles. The van der Waals surface area contributed by atoms with Gasteiger partial charge in [0, 0.05) is 0 Å². The van der Waals surface area contributed by atoms with Gasteiger partial charge in [-0.3, -0.25) is 0 Å². The molecule has 0 heterocycles. The normalized spacial score (nSPS) is 11.2. The van der Waals surface area contributed by atoms with Crippen LogP contribution in [0.1, 0.15) is 0 Å². The molecular formula is C12H11O4S-. The van der Waals surface area contributed by atoms with Crippen molar-refractivity contribution in [3.05, 3.63) is 54.6 Å². The van der Waals surface area contributed by atoms with E-state index in [1.165, 1.54) is 0 Å². The van der Waals surface area contributed by atoms with E-state index in [1.807, 2.05) is 42.5 Å². The molecule has 0 saturated carbocycles. The van der Waals surface area contributed by atoms with Crippen molar-refractivity contribution in [2.45, 2.75) is 0 Å². The van der Waals surface area contributed by atoms with E-state index in [9.17, 15) is 5.11 Å². The molecule has 1 atom stereocenters. The van der Waals surface area contributed by atoms with E-state index in [0.29, 0.717) is 5.75 Å². The van der Waals surface area contributed by atoms with E-state index in [2.05, 4.69) is 0 Å². The third-order valence-electron chi connectivity index (χ3n) is 1.95. The molecule has 0 radical (unpaired) electrons. The highest BCUT2D eigenvalue weighted by Crippen LogP contribution is 2.22. The van der Waals surface area contributed by atoms with E-state index >= 15 is 0 Å². The van der Waals surface area contributed by atoms with Crippen LogP contribution >= 0.6 is 0 Å². The minimum atomic E-state index is -2.86. The standard InChI is InChI=1S/C12H10O.H2O3S/c13-12-8-4-7-11(9-12)10-5-2-1-3-6-10;1-4(2)3/h1-9,13H;(H2,1,2,3)/p-1. The molecule has 2 aromatic rings. The molecule has 0 aromatic heterocycles. The average molecular weight is 251 g/mol. The minimum Gasteiger partial charge on any atom is -0.750 e. The Balaban J connectivity index is 0.000000317. The zero-order chi connectivity index (χ0) is 12.7. The molecule has 1 unspecified atom stereocenters. The highest BCUT2D eigenvalue weighted by atomic mass is 32.2. The zero-order valence-corrected chi connectivity index (χ0v) is 9.63. The van der Waals surface area contributed by atoms with Gasteiger partial charge in [0.25, 0.3) is 0 Å². The summed E-state index contributed by atoms with van der Waals surface area (Å²) in [6.45, 7) is 0. The first-order valence-electron chi connectivity index (χ1n) is 4.72. The van der Waals surface area contributed by atoms with Crippen molar-refractivity contribution >= 4 is 11.4 Å². The first-order valence-corrected chi connectivity index (χ1v) is 5.75. The summed E-state index contributed by atoms with van der Waals surface area (Å²) in [5, 5.41) is 9.27. The summed E-state index contributed by atoms with van der Waals surface area (Å²) in [4.78, 5) is 0. The zero-order valence-electron chi connectivity index (χ0n) is 8.82. The molecule has 0 spiro atoms. The van der Waals surface area contributed by atoms with Crippen LogP contribution in [0, 0.1) is 0 Å². The molecule has 4 nitrogen and oxygen atoms in total. The predicted octanol–water partition coefficient (Wildman–Crippen LogP) is 2.40. The van der Waals surface area contributed by atoms with Crippen LogP contribution in [0.2, 0.25) is 0 Å². The lowest BCUT2D eigenvalue weighted by molar-refractivity contribution is 0.436. The lowest BCUT2D eigenvalue weighted by Crippen LogP contribution is -1.75. The summed E-state index contributed by atoms with van der Waals surface area (Å²) in [6, 6.07) is 17.3. The van der Waals surface area contributed by atoms with Crippen molar-refractivity contribution < 1.29 is 18.4 Å². The molecule has 0 aliphatic carbocycles. The van der Waals surface area contributed by atoms with Crippen LogP contribution < -0.4 is 0 Å². The van der Waals surface area contributed by atoms with Crippen LogP contribution in [0.15, 0.2) is 54.6 Å². The topological polar surface area (TPSA) is 80.6 Å². The second-order valence-corrected chi connectivity index (χ2v) is 3.57. The molecule has 0 aliphatic heterocycles. The van der Waals surface area contributed by atoms with Gasteiger partial charge in [-0.25, -0.2) is 4.21 Å². The highest BCUT2D eigenvalue weighted by molar-refractivity contribution is 7.73. The summed E-state index contributed by atoms with van der Waals surface area (Å²) in [6.07, 6.45) is 0. The predicted molar refractivity (Wildman–Crippen MR) is 65.1 cm³/mol. The number of rotatable bonds is 1. The fourth-order valence-corrected chi connectivity index (χ4v) is 1.32. The monoisotopic (exact) mass is 251 g/mol. The van der Waals surface area contributed by atoms with Gasteiger partial charge in [-0.05, 0) is 23.3 Å². The number of phenols is 1. The van der Waals surface area contributed by atoms with Crippen molar-refractivity contribution in [1.82, 2.24) is 0 Å². The summed E-state index contributed by atoms with van der Waals surface area (Å²) < 4.78 is 24.1. The van der Waals surface area contributed by atoms with Gasteiger partial charge in [0.05, 0.1) is 11.4 Å². The second-order valence-electron chi connectivity index (χ2n) is 3.13. The first kappa shape index (κ1) is 13.4. The molecule has 17 heavy (non-hydrogen) atoms. The molecule has 0 amide bonds. The van der Waals surface area contributed by atoms with Crippen molar-refractivity contribution in [3.63, 3.8) is 0 Å². The highest BCUT2D eigenvalue weighted by Gasteiger charge is 1.95. The van der Waals surface area contributed by atoms with E-state index < -0.39 is 11.4 Å². The fourth-order valence-electron chi connectivity index (χ4n) is 1.32. The Morgan fingerprint density at radius 2 is 1.47 bits per heavy atom. The van der Waals surface area contributed by atoms with Crippen LogP contribution in [0.4, 0.5) is 0 Å². The van der Waals surface area contributed by atoms with Crippen LogP contribution in [-0.2, 0) is 11.4 Å². The van der Waals surface area contributed by atoms with Gasteiger partial charge in [-0.1, -0.05) is 42.5 Å². The molecule has 5 heteroatoms. The van der Waals surface area contributed by atoms with Gasteiger partial charge in [0.2, 0.25) is 0 Å². The Kier molecular flexibility index (Phi) is 5.35. The van der Waals surface area contributed by atoms with Crippen molar-refractivity contribution in [1.29, 1.82) is 0 Å². The molecule has 2 rings (SSSR count). The molecular weight excluding hydrogens is 240 g/mol. The van der Waals surface area contributed by atoms with E-state index in [1.54, 1.807) is 12.1 Å². The minimum absolute atomic E-state index is 0.307. The van der Waals surface area contributed by atoms with Crippen molar-refractivity contribution in [2.75, 3.05) is 0 Å². The van der Waals surface area contributed by atoms with Gasteiger partial charge >= 0.3 is 0 Å². The number of hydrogen-bond acceptors (Lipinski definition) is 3. The maximum absolute atomic E-state index is 9.27. The van der Waals surface area contributed by atoms with Crippen LogP contribution in [-0.4, -0.2) is 18.4 Å². The molecule has 0 saturated heterocycles. The van der Waals surface area contributed by atoms with Gasteiger partial charge in [0.15, 0.2) is 0 Å². The van der Waals surface area contributed by atoms with E-state index in [4.69, 9.17) is 13.3 Å². The molecule has 0 fully saturated rings. The first-order chi connectivity index (χ1) is 8.09. The molecule has 90 valence electrons. The summed E-state index contributed by atoms with van der Waals surface area (Å²) >= 11 is -2.86. The number of aromatic hydroxyl groups is 1. The summed E-state index contributed by atoms with van der Waals surface area (Å²) in [7, 11) is 0. The number of hydrogen-bond donors (Lipinski definition) is 2. The maximum Gasteiger partial charge on any atom is 0.116 e. The van der Waals surface area contributed by atoms with Gasteiger partial charge in [-0.15, -0.1) is 0 Å². The Labute approximate surface area is 102 Å². The lowest BCUT2D eigenvalue weighted by atomic mass is 10.1. The van der Waals surface area contributed by atoms with Crippen molar-refractivity contribution in [2.24, 2.45) is 0 Å². The van der Waals surface area contributed by atoms with Crippen LogP contribution in [0.3, 0.4) is 0 Å². The second kappa shape index (κ2) is 6.80. The third kappa shape index (κ3) is 5.26. The quantitative estimate of drug-likeness (QED) is 0.762. The SMILES string of the molecule is O=S([O-])O.Oc1cccc(-c2ccccc2)c1. The lowest BCUT2D eigenvalue weighted by Gasteiger charge is -2.00. The Bertz CT molecular complexity index is 481. The van der Waals surface area contributed by atoms with E-state index in [-0.39, 0.29) is 0 Å². The Morgan fingerprint density at radius 1 is 0.941 bits per heavy atom. The van der Waals surface area contributed by atoms with Crippen molar-refractivity contribution in [3.8, 4) is 16.9 Å². The van der Waals surface area contributed by atoms with Gasteiger partial charge < -0.3 is 14.2 Å². The Hall–Kier alpha value is -1.69. The smallest absolute Gasteiger partial charge is 0.116 e. The van der Waals surface area contributed by atoms with Crippen LogP contribution in [0.5, 0.6) is 5.75 Å². The largest absolute Gasteiger partial charge is 0.750 e. The molecule has 2 N–H and O–H groups in total. The average Bonchev–Trinajstić information content (AvgIpc) is 2.29.